The molecule has 0 saturated carbocycles. The van der Waals surface area contributed by atoms with Gasteiger partial charge in [-0.3, -0.25) is 4.79 Å². The van der Waals surface area contributed by atoms with Crippen LogP contribution in [0.4, 0.5) is 5.95 Å². The molecule has 0 spiro atoms. The number of carbonyl (C=O) groups is 1. The first kappa shape index (κ1) is 20.5. The highest BCUT2D eigenvalue weighted by molar-refractivity contribution is 9.10. The lowest BCUT2D eigenvalue weighted by atomic mass is 9.95. The number of thioether (sulfide) groups is 1. The number of ether oxygens (including phenoxy) is 2. The molecule has 0 fully saturated rings. The van der Waals surface area contributed by atoms with Crippen LogP contribution < -0.4 is 20.5 Å². The smallest absolute Gasteiger partial charge is 0.248 e. The average molecular weight is 468 g/mol. The van der Waals surface area contributed by atoms with Crippen LogP contribution >= 0.6 is 27.7 Å². The molecule has 1 unspecified atom stereocenters. The van der Waals surface area contributed by atoms with E-state index in [1.54, 1.807) is 18.7 Å². The Bertz CT molecular complexity index is 944. The zero-order valence-corrected chi connectivity index (χ0v) is 18.5. The summed E-state index contributed by atoms with van der Waals surface area (Å²) in [6.45, 7) is 6.21. The van der Waals surface area contributed by atoms with Gasteiger partial charge in [-0.15, -0.1) is 5.10 Å². The summed E-state index contributed by atoms with van der Waals surface area (Å²) in [6.07, 6.45) is 0. The van der Waals surface area contributed by atoms with Crippen molar-refractivity contribution in [1.82, 2.24) is 14.8 Å². The quantitative estimate of drug-likeness (QED) is 0.601. The summed E-state index contributed by atoms with van der Waals surface area (Å²) in [5.41, 5.74) is 7.58. The molecule has 1 atom stereocenters. The van der Waals surface area contributed by atoms with E-state index >= 15 is 0 Å². The molecule has 10 heteroatoms. The first-order valence-corrected chi connectivity index (χ1v) is 10.6. The van der Waals surface area contributed by atoms with Gasteiger partial charge in [0.1, 0.15) is 6.04 Å². The van der Waals surface area contributed by atoms with Gasteiger partial charge in [-0.05, 0) is 53.2 Å². The van der Waals surface area contributed by atoms with E-state index in [1.807, 2.05) is 26.0 Å². The topological polar surface area (TPSA) is 104 Å². The van der Waals surface area contributed by atoms with Gasteiger partial charge in [-0.2, -0.15) is 4.98 Å². The second-order valence-corrected chi connectivity index (χ2v) is 8.08. The van der Waals surface area contributed by atoms with Crippen LogP contribution in [-0.2, 0) is 4.79 Å². The van der Waals surface area contributed by atoms with E-state index in [0.29, 0.717) is 45.0 Å². The van der Waals surface area contributed by atoms with Crippen molar-refractivity contribution < 1.29 is 14.3 Å². The summed E-state index contributed by atoms with van der Waals surface area (Å²) in [7, 11) is 1.58. The SMILES string of the molecule is CCOc1cc(C2C(C(N)=O)=C(C)Nc3nc(SCC)nn32)cc(Br)c1OC. The minimum absolute atomic E-state index is 0.421. The number of hydrogen-bond donors (Lipinski definition) is 2. The van der Waals surface area contributed by atoms with E-state index in [4.69, 9.17) is 15.2 Å². The van der Waals surface area contributed by atoms with Crippen molar-refractivity contribution in [2.45, 2.75) is 32.0 Å². The van der Waals surface area contributed by atoms with E-state index in [1.165, 1.54) is 11.8 Å². The van der Waals surface area contributed by atoms with Gasteiger partial charge < -0.3 is 20.5 Å². The van der Waals surface area contributed by atoms with Crippen molar-refractivity contribution in [3.63, 3.8) is 0 Å². The number of hydrogen-bond acceptors (Lipinski definition) is 7. The van der Waals surface area contributed by atoms with Crippen molar-refractivity contribution in [3.8, 4) is 11.5 Å². The summed E-state index contributed by atoms with van der Waals surface area (Å²) in [5, 5.41) is 8.35. The second kappa shape index (κ2) is 8.44. The van der Waals surface area contributed by atoms with E-state index < -0.39 is 11.9 Å². The number of rotatable bonds is 7. The molecule has 0 saturated heterocycles. The molecule has 1 aliphatic heterocycles. The van der Waals surface area contributed by atoms with Crippen LogP contribution in [0.3, 0.4) is 0 Å². The van der Waals surface area contributed by atoms with Gasteiger partial charge in [0.2, 0.25) is 17.0 Å². The second-order valence-electron chi connectivity index (χ2n) is 5.99. The van der Waals surface area contributed by atoms with Gasteiger partial charge in [0, 0.05) is 5.70 Å². The van der Waals surface area contributed by atoms with Crippen LogP contribution in [-0.4, -0.2) is 40.1 Å². The van der Waals surface area contributed by atoms with Crippen LogP contribution in [0.5, 0.6) is 11.5 Å². The molecule has 8 nitrogen and oxygen atoms in total. The van der Waals surface area contributed by atoms with Crippen LogP contribution in [0, 0.1) is 0 Å². The van der Waals surface area contributed by atoms with Crippen molar-refractivity contribution in [2.75, 3.05) is 24.8 Å². The molecular formula is C18H22BrN5O3S. The lowest BCUT2D eigenvalue weighted by molar-refractivity contribution is -0.115. The minimum Gasteiger partial charge on any atom is -0.492 e. The Morgan fingerprint density at radius 1 is 1.43 bits per heavy atom. The number of aromatic nitrogens is 3. The van der Waals surface area contributed by atoms with Crippen LogP contribution in [0.25, 0.3) is 0 Å². The number of nitrogens with two attached hydrogens (primary N) is 1. The first-order valence-electron chi connectivity index (χ1n) is 8.78. The first-order chi connectivity index (χ1) is 13.4. The van der Waals surface area contributed by atoms with E-state index in [2.05, 4.69) is 31.3 Å². The van der Waals surface area contributed by atoms with Crippen molar-refractivity contribution in [1.29, 1.82) is 0 Å². The number of allylic oxidation sites excluding steroid dienone is 1. The summed E-state index contributed by atoms with van der Waals surface area (Å²) < 4.78 is 13.6. The molecule has 1 aliphatic rings. The number of amides is 1. The van der Waals surface area contributed by atoms with Crippen molar-refractivity contribution >= 4 is 39.5 Å². The maximum atomic E-state index is 12.3. The molecule has 2 heterocycles. The van der Waals surface area contributed by atoms with E-state index in [0.717, 1.165) is 11.3 Å². The third-order valence-electron chi connectivity index (χ3n) is 4.22. The summed E-state index contributed by atoms with van der Waals surface area (Å²) >= 11 is 5.06. The predicted octanol–water partition coefficient (Wildman–Crippen LogP) is 3.33. The molecule has 150 valence electrons. The minimum atomic E-state index is -0.533. The Morgan fingerprint density at radius 3 is 2.79 bits per heavy atom. The van der Waals surface area contributed by atoms with Gasteiger partial charge in [0.05, 0.1) is 23.8 Å². The van der Waals surface area contributed by atoms with E-state index in [9.17, 15) is 4.79 Å². The molecule has 0 radical (unpaired) electrons. The lowest BCUT2D eigenvalue weighted by Crippen LogP contribution is -2.31. The number of nitrogens with zero attached hydrogens (tertiary/aromatic N) is 3. The molecule has 2 aromatic rings. The number of carbonyl (C=O) groups excluding carboxylic acids is 1. The number of benzene rings is 1. The molecule has 3 rings (SSSR count). The monoisotopic (exact) mass is 467 g/mol. The maximum Gasteiger partial charge on any atom is 0.248 e. The van der Waals surface area contributed by atoms with Crippen LogP contribution in [0.1, 0.15) is 32.4 Å². The van der Waals surface area contributed by atoms with Gasteiger partial charge in [-0.25, -0.2) is 4.68 Å². The molecule has 0 aliphatic carbocycles. The Morgan fingerprint density at radius 2 is 2.18 bits per heavy atom. The number of methoxy groups -OCH3 is 1. The number of fused-ring (bicyclic) bond motifs is 1. The molecule has 3 N–H and O–H groups in total. The van der Waals surface area contributed by atoms with Crippen molar-refractivity contribution in [3.05, 3.63) is 33.4 Å². The van der Waals surface area contributed by atoms with Crippen molar-refractivity contribution in [2.24, 2.45) is 5.73 Å². The van der Waals surface area contributed by atoms with Crippen LogP contribution in [0.2, 0.25) is 0 Å². The normalized spacial score (nSPS) is 15.8. The molecule has 1 amide bonds. The molecular weight excluding hydrogens is 446 g/mol. The summed E-state index contributed by atoms with van der Waals surface area (Å²) in [4.78, 5) is 16.8. The fourth-order valence-corrected chi connectivity index (χ4v) is 4.33. The maximum absolute atomic E-state index is 12.3. The summed E-state index contributed by atoms with van der Waals surface area (Å²) in [6, 6.07) is 3.19. The number of halogens is 1. The predicted molar refractivity (Wildman–Crippen MR) is 112 cm³/mol. The zero-order valence-electron chi connectivity index (χ0n) is 16.1. The van der Waals surface area contributed by atoms with Gasteiger partial charge in [0.15, 0.2) is 11.5 Å². The molecule has 1 aromatic heterocycles. The molecule has 1 aromatic carbocycles. The molecule has 0 bridgehead atoms. The average Bonchev–Trinajstić information content (AvgIpc) is 3.02. The summed E-state index contributed by atoms with van der Waals surface area (Å²) in [5.74, 6) is 2.03. The fourth-order valence-electron chi connectivity index (χ4n) is 3.16. The Labute approximate surface area is 176 Å². The number of anilines is 1. The zero-order chi connectivity index (χ0) is 20.4. The van der Waals surface area contributed by atoms with Gasteiger partial charge in [-0.1, -0.05) is 18.7 Å². The standard InChI is InChI=1S/C18H22BrN5O3S/c1-5-27-12-8-10(7-11(19)15(12)26-4)14-13(16(20)25)9(3)21-17-22-18(28-6-2)23-24(14)17/h7-8,14H,5-6H2,1-4H3,(H2,20,25)(H,21,22,23). The van der Waals surface area contributed by atoms with E-state index in [-0.39, 0.29) is 0 Å². The molecule has 28 heavy (non-hydrogen) atoms. The Hall–Kier alpha value is -2.20. The largest absolute Gasteiger partial charge is 0.492 e. The van der Waals surface area contributed by atoms with Gasteiger partial charge >= 0.3 is 0 Å². The lowest BCUT2D eigenvalue weighted by Gasteiger charge is -2.28. The Kier molecular flexibility index (Phi) is 6.19. The highest BCUT2D eigenvalue weighted by atomic mass is 79.9. The van der Waals surface area contributed by atoms with Crippen LogP contribution in [0.15, 0.2) is 33.0 Å². The number of nitrogens with one attached hydrogen (secondary N) is 1. The Balaban J connectivity index is 2.21. The highest BCUT2D eigenvalue weighted by Crippen LogP contribution is 2.42. The van der Waals surface area contributed by atoms with Gasteiger partial charge in [0.25, 0.3) is 0 Å². The third kappa shape index (κ3) is 3.70. The number of primary amides is 1. The fraction of sp³-hybridized carbons (Fsp3) is 0.389. The highest BCUT2D eigenvalue weighted by Gasteiger charge is 2.34. The third-order valence-corrected chi connectivity index (χ3v) is 5.53.